The van der Waals surface area contributed by atoms with Crippen LogP contribution in [0.1, 0.15) is 13.8 Å². The van der Waals surface area contributed by atoms with Gasteiger partial charge >= 0.3 is 0 Å². The van der Waals surface area contributed by atoms with Crippen LogP contribution in [-0.4, -0.2) is 19.3 Å². The van der Waals surface area contributed by atoms with Gasteiger partial charge in [-0.25, -0.2) is 4.84 Å². The van der Waals surface area contributed by atoms with E-state index >= 15 is 0 Å². The largest absolute Gasteiger partial charge is 0.383 e. The molecule has 0 radical (unpaired) electrons. The molecule has 0 rings (SSSR count). The number of rotatable bonds is 3. The summed E-state index contributed by atoms with van der Waals surface area (Å²) in [6.07, 6.45) is 0. The molecule has 0 amide bonds. The summed E-state index contributed by atoms with van der Waals surface area (Å²) in [6.45, 7) is 4.55. The van der Waals surface area contributed by atoms with Crippen LogP contribution in [0.15, 0.2) is 0 Å². The van der Waals surface area contributed by atoms with Crippen molar-refractivity contribution >= 4 is 11.8 Å². The summed E-state index contributed by atoms with van der Waals surface area (Å²) >= 11 is 5.34. The highest BCUT2D eigenvalue weighted by Crippen LogP contribution is 2.01. The van der Waals surface area contributed by atoms with E-state index in [-0.39, 0.29) is 5.54 Å². The van der Waals surface area contributed by atoms with Crippen LogP contribution < -0.4 is 4.84 Å². The Labute approximate surface area is 55.3 Å². The minimum atomic E-state index is -0.115. The average Bonchev–Trinajstić information content (AvgIpc) is 1.67. The van der Waals surface area contributed by atoms with Crippen LogP contribution in [0, 0.1) is 0 Å². The van der Waals surface area contributed by atoms with Gasteiger partial charge in [-0.05, 0) is 25.6 Å². The zero-order valence-electron chi connectivity index (χ0n) is 5.49. The number of hydrogen-bond acceptors (Lipinski definition) is 2. The van der Waals surface area contributed by atoms with E-state index in [4.69, 9.17) is 16.5 Å². The van der Waals surface area contributed by atoms with Gasteiger partial charge in [0.2, 0.25) is 0 Å². The van der Waals surface area contributed by atoms with E-state index in [1.807, 2.05) is 13.8 Å². The molecular weight excluding hydrogens is 126 g/mol. The molecule has 0 aromatic rings. The van der Waals surface area contributed by atoms with Crippen molar-refractivity contribution in [3.63, 3.8) is 0 Å². The Morgan fingerprint density at radius 1 is 1.62 bits per heavy atom. The van der Waals surface area contributed by atoms with E-state index in [1.54, 1.807) is 7.11 Å². The van der Waals surface area contributed by atoms with E-state index in [9.17, 15) is 0 Å². The predicted octanol–water partition coefficient (Wildman–Crippen LogP) is 1.15. The molecule has 8 heavy (non-hydrogen) atoms. The number of methoxy groups -OCH3 is 1. The van der Waals surface area contributed by atoms with Crippen molar-refractivity contribution in [1.82, 2.24) is 4.84 Å². The fourth-order valence-corrected chi connectivity index (χ4v) is 0.443. The summed E-state index contributed by atoms with van der Waals surface area (Å²) < 4.78 is 4.85. The molecule has 0 unspecified atom stereocenters. The molecule has 0 aliphatic rings. The van der Waals surface area contributed by atoms with Crippen molar-refractivity contribution in [2.24, 2.45) is 0 Å². The van der Waals surface area contributed by atoms with E-state index in [1.165, 1.54) is 0 Å². The van der Waals surface area contributed by atoms with Crippen LogP contribution in [0.25, 0.3) is 0 Å². The SMILES string of the molecule is COCC(C)(C)NCl. The van der Waals surface area contributed by atoms with Crippen LogP contribution in [0.5, 0.6) is 0 Å². The first-order chi connectivity index (χ1) is 3.62. The van der Waals surface area contributed by atoms with Crippen LogP contribution in [0.4, 0.5) is 0 Å². The van der Waals surface area contributed by atoms with Gasteiger partial charge in [0.05, 0.1) is 12.1 Å². The zero-order valence-corrected chi connectivity index (χ0v) is 6.25. The highest BCUT2D eigenvalue weighted by Gasteiger charge is 2.14. The maximum absolute atomic E-state index is 5.34. The van der Waals surface area contributed by atoms with Crippen molar-refractivity contribution < 1.29 is 4.74 Å². The molecule has 0 atom stereocenters. The topological polar surface area (TPSA) is 21.3 Å². The van der Waals surface area contributed by atoms with Crippen LogP contribution in [0.2, 0.25) is 0 Å². The second kappa shape index (κ2) is 3.28. The zero-order chi connectivity index (χ0) is 6.62. The van der Waals surface area contributed by atoms with E-state index in [0.29, 0.717) is 6.61 Å². The quantitative estimate of drug-likeness (QED) is 0.590. The first-order valence-electron chi connectivity index (χ1n) is 2.49. The highest BCUT2D eigenvalue weighted by molar-refractivity contribution is 6.13. The number of hydrogen-bond donors (Lipinski definition) is 1. The molecule has 0 aromatic heterocycles. The first kappa shape index (κ1) is 8.21. The van der Waals surface area contributed by atoms with Crippen LogP contribution in [0.3, 0.4) is 0 Å². The number of halogens is 1. The first-order valence-corrected chi connectivity index (χ1v) is 2.87. The van der Waals surface area contributed by atoms with Crippen molar-refractivity contribution in [3.8, 4) is 0 Å². The van der Waals surface area contributed by atoms with Crippen LogP contribution >= 0.6 is 11.8 Å². The molecule has 1 N–H and O–H groups in total. The summed E-state index contributed by atoms with van der Waals surface area (Å²) in [5.74, 6) is 0. The minimum absolute atomic E-state index is 0.115. The maximum atomic E-state index is 5.34. The summed E-state index contributed by atoms with van der Waals surface area (Å²) in [5.41, 5.74) is -0.115. The van der Waals surface area contributed by atoms with E-state index < -0.39 is 0 Å². The highest BCUT2D eigenvalue weighted by atomic mass is 35.5. The molecule has 2 nitrogen and oxygen atoms in total. The number of ether oxygens (including phenoxy) is 1. The molecule has 0 aromatic carbocycles. The Balaban J connectivity index is 3.37. The molecular formula is C5H12ClNO. The average molecular weight is 138 g/mol. The third-order valence-corrected chi connectivity index (χ3v) is 1.27. The lowest BCUT2D eigenvalue weighted by atomic mass is 10.1. The third kappa shape index (κ3) is 3.24. The standard InChI is InChI=1S/C5H12ClNO/c1-5(2,7-6)4-8-3/h7H,4H2,1-3H3. The fourth-order valence-electron chi connectivity index (χ4n) is 0.388. The van der Waals surface area contributed by atoms with Crippen molar-refractivity contribution in [2.45, 2.75) is 19.4 Å². The van der Waals surface area contributed by atoms with Crippen molar-refractivity contribution in [2.75, 3.05) is 13.7 Å². The Morgan fingerprint density at radius 3 is 2.25 bits per heavy atom. The van der Waals surface area contributed by atoms with Crippen molar-refractivity contribution in [1.29, 1.82) is 0 Å². The predicted molar refractivity (Wildman–Crippen MR) is 34.9 cm³/mol. The molecule has 0 fully saturated rings. The van der Waals surface area contributed by atoms with Gasteiger partial charge in [-0.3, -0.25) is 0 Å². The lowest BCUT2D eigenvalue weighted by Crippen LogP contribution is -2.37. The van der Waals surface area contributed by atoms with Gasteiger partial charge in [-0.2, -0.15) is 0 Å². The smallest absolute Gasteiger partial charge is 0.0651 e. The molecule has 0 bridgehead atoms. The van der Waals surface area contributed by atoms with Gasteiger partial charge in [0, 0.05) is 7.11 Å². The molecule has 0 heterocycles. The molecule has 0 aliphatic heterocycles. The molecule has 3 heteroatoms. The maximum Gasteiger partial charge on any atom is 0.0651 e. The molecule has 50 valence electrons. The monoisotopic (exact) mass is 137 g/mol. The van der Waals surface area contributed by atoms with Crippen molar-refractivity contribution in [3.05, 3.63) is 0 Å². The molecule has 0 saturated heterocycles. The Morgan fingerprint density at radius 2 is 2.12 bits per heavy atom. The summed E-state index contributed by atoms with van der Waals surface area (Å²) in [6, 6.07) is 0. The lowest BCUT2D eigenvalue weighted by molar-refractivity contribution is 0.142. The van der Waals surface area contributed by atoms with E-state index in [0.717, 1.165) is 0 Å². The van der Waals surface area contributed by atoms with Gasteiger partial charge < -0.3 is 4.74 Å². The summed E-state index contributed by atoms with van der Waals surface area (Å²) in [5, 5.41) is 0. The Hall–Kier alpha value is 0.210. The minimum Gasteiger partial charge on any atom is -0.383 e. The lowest BCUT2D eigenvalue weighted by Gasteiger charge is -2.19. The summed E-state index contributed by atoms with van der Waals surface area (Å²) in [4.78, 5) is 2.59. The fraction of sp³-hybridized carbons (Fsp3) is 1.00. The van der Waals surface area contributed by atoms with Gasteiger partial charge in [0.1, 0.15) is 0 Å². The molecule has 0 spiro atoms. The van der Waals surface area contributed by atoms with Gasteiger partial charge in [-0.1, -0.05) is 0 Å². The number of nitrogens with one attached hydrogen (secondary N) is 1. The van der Waals surface area contributed by atoms with Crippen LogP contribution in [-0.2, 0) is 4.74 Å². The second-order valence-electron chi connectivity index (χ2n) is 2.41. The molecule has 0 saturated carbocycles. The molecule has 0 aliphatic carbocycles. The van der Waals surface area contributed by atoms with Gasteiger partial charge in [0.25, 0.3) is 0 Å². The normalized spacial score (nSPS) is 12.0. The second-order valence-corrected chi connectivity index (χ2v) is 2.60. The summed E-state index contributed by atoms with van der Waals surface area (Å²) in [7, 11) is 1.65. The van der Waals surface area contributed by atoms with Gasteiger partial charge in [-0.15, -0.1) is 0 Å². The Kier molecular flexibility index (Phi) is 3.36. The van der Waals surface area contributed by atoms with E-state index in [2.05, 4.69) is 4.84 Å². The third-order valence-electron chi connectivity index (χ3n) is 0.761. The van der Waals surface area contributed by atoms with Gasteiger partial charge in [0.15, 0.2) is 0 Å². The Bertz CT molecular complexity index is 65.4.